The van der Waals surface area contributed by atoms with Gasteiger partial charge in [0.15, 0.2) is 11.5 Å². The van der Waals surface area contributed by atoms with Crippen molar-refractivity contribution in [3.8, 4) is 17.2 Å². The summed E-state index contributed by atoms with van der Waals surface area (Å²) in [5.74, 6) is 0.164. The number of methoxy groups -OCH3 is 1. The quantitative estimate of drug-likeness (QED) is 0.815. The number of carboxylic acids is 1. The van der Waals surface area contributed by atoms with E-state index in [1.165, 1.54) is 6.08 Å². The molecule has 0 radical (unpaired) electrons. The van der Waals surface area contributed by atoms with Gasteiger partial charge >= 0.3 is 5.97 Å². The van der Waals surface area contributed by atoms with Crippen molar-refractivity contribution in [1.29, 1.82) is 0 Å². The van der Waals surface area contributed by atoms with Crippen molar-refractivity contribution in [2.24, 2.45) is 5.92 Å². The average molecular weight is 370 g/mol. The van der Waals surface area contributed by atoms with E-state index in [2.05, 4.69) is 0 Å². The van der Waals surface area contributed by atoms with Gasteiger partial charge in [-0.05, 0) is 30.2 Å². The summed E-state index contributed by atoms with van der Waals surface area (Å²) in [7, 11) is 1.54. The summed E-state index contributed by atoms with van der Waals surface area (Å²) in [5, 5.41) is 9.00. The lowest BCUT2D eigenvalue weighted by Crippen LogP contribution is -2.28. The van der Waals surface area contributed by atoms with E-state index in [1.54, 1.807) is 30.2 Å². The first-order chi connectivity index (χ1) is 11.6. The number of rotatable bonds is 4. The average Bonchev–Trinajstić information content (AvgIpc) is 3.09. The second-order valence-electron chi connectivity index (χ2n) is 5.69. The Balaban J connectivity index is 0.00000225. The van der Waals surface area contributed by atoms with E-state index in [-0.39, 0.29) is 24.9 Å². The summed E-state index contributed by atoms with van der Waals surface area (Å²) in [6, 6.07) is 3.55. The maximum atomic E-state index is 12.2. The third-order valence-corrected chi connectivity index (χ3v) is 4.12. The zero-order valence-corrected chi connectivity index (χ0v) is 14.6. The van der Waals surface area contributed by atoms with Crippen LogP contribution < -0.4 is 14.2 Å². The Morgan fingerprint density at radius 2 is 2.08 bits per heavy atom. The van der Waals surface area contributed by atoms with Gasteiger partial charge in [0, 0.05) is 19.2 Å². The molecule has 2 aliphatic heterocycles. The molecule has 0 spiro atoms. The molecule has 3 rings (SSSR count). The number of hydrogen-bond acceptors (Lipinski definition) is 5. The van der Waals surface area contributed by atoms with Crippen molar-refractivity contribution in [1.82, 2.24) is 4.90 Å². The number of hydrogen-bond donors (Lipinski definition) is 1. The number of carbonyl (C=O) groups excluding carboxylic acids is 1. The number of aliphatic carboxylic acids is 1. The molecule has 1 aromatic carbocycles. The molecule has 2 aliphatic rings. The normalized spacial score (nSPS) is 18.8. The number of carboxylic acid groups (broad SMARTS) is 1. The lowest BCUT2D eigenvalue weighted by molar-refractivity contribution is -0.141. The van der Waals surface area contributed by atoms with Gasteiger partial charge in [-0.15, -0.1) is 12.4 Å². The number of fused-ring (bicyclic) bond motifs is 1. The fourth-order valence-corrected chi connectivity index (χ4v) is 2.82. The van der Waals surface area contributed by atoms with Crippen molar-refractivity contribution in [2.45, 2.75) is 6.42 Å². The number of amides is 1. The standard InChI is InChI=1S/C17H19NO6.ClH/c1-22-13-8-11(9-14-16(13)24-7-6-23-14)2-3-15(19)18-5-4-12(10-18)17(20)21;/h2-3,8-9,12H,4-7,10H2,1H3,(H,20,21);1H/b3-2+;. The predicted molar refractivity (Wildman–Crippen MR) is 92.6 cm³/mol. The third-order valence-electron chi connectivity index (χ3n) is 4.12. The largest absolute Gasteiger partial charge is 0.493 e. The lowest BCUT2D eigenvalue weighted by Gasteiger charge is -2.21. The number of carbonyl (C=O) groups is 2. The van der Waals surface area contributed by atoms with Crippen LogP contribution in [0.5, 0.6) is 17.2 Å². The predicted octanol–water partition coefficient (Wildman–Crippen LogP) is 1.83. The maximum Gasteiger partial charge on any atom is 0.308 e. The van der Waals surface area contributed by atoms with Crippen molar-refractivity contribution in [3.05, 3.63) is 23.8 Å². The topological polar surface area (TPSA) is 85.3 Å². The molecule has 0 aliphatic carbocycles. The first kappa shape index (κ1) is 18.9. The second kappa shape index (κ2) is 8.11. The lowest BCUT2D eigenvalue weighted by atomic mass is 10.1. The minimum atomic E-state index is -0.856. The Morgan fingerprint density at radius 1 is 1.32 bits per heavy atom. The van der Waals surface area contributed by atoms with Gasteiger partial charge in [0.1, 0.15) is 13.2 Å². The van der Waals surface area contributed by atoms with E-state index in [1.807, 2.05) is 0 Å². The molecule has 8 heteroatoms. The molecule has 7 nitrogen and oxygen atoms in total. The molecule has 0 aromatic heterocycles. The highest BCUT2D eigenvalue weighted by molar-refractivity contribution is 5.92. The molecule has 0 bridgehead atoms. The van der Waals surface area contributed by atoms with Crippen LogP contribution >= 0.6 is 12.4 Å². The first-order valence-corrected chi connectivity index (χ1v) is 7.76. The summed E-state index contributed by atoms with van der Waals surface area (Å²) in [6.07, 6.45) is 3.60. The summed E-state index contributed by atoms with van der Waals surface area (Å²) in [4.78, 5) is 24.7. The van der Waals surface area contributed by atoms with Gasteiger partial charge in [0.2, 0.25) is 11.7 Å². The molecule has 136 valence electrons. The zero-order chi connectivity index (χ0) is 17.1. The maximum absolute atomic E-state index is 12.2. The molecule has 1 aromatic rings. The van der Waals surface area contributed by atoms with Gasteiger partial charge < -0.3 is 24.2 Å². The van der Waals surface area contributed by atoms with Crippen LogP contribution in [-0.2, 0) is 9.59 Å². The van der Waals surface area contributed by atoms with Gasteiger partial charge in [0.25, 0.3) is 0 Å². The van der Waals surface area contributed by atoms with E-state index in [4.69, 9.17) is 19.3 Å². The number of benzene rings is 1. The molecule has 2 heterocycles. The summed E-state index contributed by atoms with van der Waals surface area (Å²) < 4.78 is 16.4. The van der Waals surface area contributed by atoms with Gasteiger partial charge in [-0.1, -0.05) is 0 Å². The van der Waals surface area contributed by atoms with Crippen LogP contribution in [0.1, 0.15) is 12.0 Å². The molecule has 1 saturated heterocycles. The molecule has 1 fully saturated rings. The fraction of sp³-hybridized carbons (Fsp3) is 0.412. The number of ether oxygens (including phenoxy) is 3. The number of nitrogens with zero attached hydrogens (tertiary/aromatic N) is 1. The molecule has 25 heavy (non-hydrogen) atoms. The van der Waals surface area contributed by atoms with Gasteiger partial charge in [-0.2, -0.15) is 0 Å². The Kier molecular flexibility index (Phi) is 6.14. The third kappa shape index (κ3) is 4.17. The van der Waals surface area contributed by atoms with Gasteiger partial charge in [-0.3, -0.25) is 9.59 Å². The van der Waals surface area contributed by atoms with Crippen molar-refractivity contribution in [2.75, 3.05) is 33.4 Å². The van der Waals surface area contributed by atoms with Gasteiger partial charge in [0.05, 0.1) is 13.0 Å². The van der Waals surface area contributed by atoms with Crippen LogP contribution in [0.2, 0.25) is 0 Å². The number of halogens is 1. The second-order valence-corrected chi connectivity index (χ2v) is 5.69. The van der Waals surface area contributed by atoms with Crippen LogP contribution in [0.25, 0.3) is 6.08 Å². The highest BCUT2D eigenvalue weighted by atomic mass is 35.5. The Morgan fingerprint density at radius 3 is 2.76 bits per heavy atom. The highest BCUT2D eigenvalue weighted by Crippen LogP contribution is 2.40. The minimum absolute atomic E-state index is 0. The minimum Gasteiger partial charge on any atom is -0.493 e. The van der Waals surface area contributed by atoms with Crippen molar-refractivity contribution < 1.29 is 28.9 Å². The van der Waals surface area contributed by atoms with E-state index >= 15 is 0 Å². The Labute approximate surface area is 151 Å². The monoisotopic (exact) mass is 369 g/mol. The van der Waals surface area contributed by atoms with Crippen molar-refractivity contribution >= 4 is 30.4 Å². The van der Waals surface area contributed by atoms with Crippen LogP contribution in [0.3, 0.4) is 0 Å². The van der Waals surface area contributed by atoms with E-state index in [9.17, 15) is 9.59 Å². The fourth-order valence-electron chi connectivity index (χ4n) is 2.82. The molecule has 1 amide bonds. The molecular formula is C17H20ClNO6. The summed E-state index contributed by atoms with van der Waals surface area (Å²) >= 11 is 0. The van der Waals surface area contributed by atoms with Crippen LogP contribution in [0.4, 0.5) is 0 Å². The Hall–Kier alpha value is -2.41. The Bertz CT molecular complexity index is 673. The molecule has 1 unspecified atom stereocenters. The summed E-state index contributed by atoms with van der Waals surface area (Å²) in [5.41, 5.74) is 0.749. The summed E-state index contributed by atoms with van der Waals surface area (Å²) in [6.45, 7) is 1.65. The van der Waals surface area contributed by atoms with E-state index in [0.717, 1.165) is 5.56 Å². The number of likely N-dealkylation sites (tertiary alicyclic amines) is 1. The molecule has 0 saturated carbocycles. The molecule has 1 atom stereocenters. The SMILES string of the molecule is COc1cc(/C=C/C(=O)N2CCC(C(=O)O)C2)cc2c1OCCO2.Cl. The first-order valence-electron chi connectivity index (χ1n) is 7.76. The van der Waals surface area contributed by atoms with Crippen molar-refractivity contribution in [3.63, 3.8) is 0 Å². The van der Waals surface area contributed by atoms with E-state index in [0.29, 0.717) is 43.4 Å². The van der Waals surface area contributed by atoms with Gasteiger partial charge in [-0.25, -0.2) is 0 Å². The zero-order valence-electron chi connectivity index (χ0n) is 13.8. The van der Waals surface area contributed by atoms with Crippen LogP contribution in [-0.4, -0.2) is 55.3 Å². The smallest absolute Gasteiger partial charge is 0.308 e. The molecular weight excluding hydrogens is 350 g/mol. The molecule has 1 N–H and O–H groups in total. The van der Waals surface area contributed by atoms with Crippen LogP contribution in [0.15, 0.2) is 18.2 Å². The van der Waals surface area contributed by atoms with Crippen LogP contribution in [0, 0.1) is 5.92 Å². The van der Waals surface area contributed by atoms with E-state index < -0.39 is 11.9 Å². The highest BCUT2D eigenvalue weighted by Gasteiger charge is 2.29.